The van der Waals surface area contributed by atoms with Crippen molar-refractivity contribution < 1.29 is 9.53 Å². The monoisotopic (exact) mass is 227 g/mol. The van der Waals surface area contributed by atoms with Crippen LogP contribution >= 0.6 is 11.8 Å². The third kappa shape index (κ3) is 4.64. The number of hydrogen-bond donors (Lipinski definition) is 1. The normalized spacial score (nSPS) is 9.93. The standard InChI is InChI=1S/C9H13N3O2S/c1-14-9(13)2-3-15-6-7-4-12-8(10)5-11-7/h4-5H,2-3,6H2,1H3,(H2,10,12). The Morgan fingerprint density at radius 1 is 1.53 bits per heavy atom. The summed E-state index contributed by atoms with van der Waals surface area (Å²) < 4.78 is 4.52. The molecule has 1 aromatic rings. The van der Waals surface area contributed by atoms with Gasteiger partial charge in [-0.15, -0.1) is 0 Å². The molecule has 0 aliphatic heterocycles. The van der Waals surface area contributed by atoms with Crippen molar-refractivity contribution in [1.82, 2.24) is 9.97 Å². The van der Waals surface area contributed by atoms with Crippen molar-refractivity contribution in [1.29, 1.82) is 0 Å². The van der Waals surface area contributed by atoms with Gasteiger partial charge in [0, 0.05) is 11.5 Å². The minimum absolute atomic E-state index is 0.189. The number of thioether (sulfide) groups is 1. The first-order valence-corrected chi connectivity index (χ1v) is 5.59. The third-order valence-corrected chi connectivity index (χ3v) is 2.65. The lowest BCUT2D eigenvalue weighted by Crippen LogP contribution is -2.01. The number of esters is 1. The van der Waals surface area contributed by atoms with Gasteiger partial charge in [0.2, 0.25) is 0 Å². The van der Waals surface area contributed by atoms with Crippen LogP contribution in [0.15, 0.2) is 12.4 Å². The van der Waals surface area contributed by atoms with E-state index in [1.54, 1.807) is 18.0 Å². The highest BCUT2D eigenvalue weighted by Crippen LogP contribution is 2.10. The Kier molecular flexibility index (Phi) is 4.89. The molecule has 0 unspecified atom stereocenters. The van der Waals surface area contributed by atoms with Crippen LogP contribution in [0.1, 0.15) is 12.1 Å². The molecule has 0 fully saturated rings. The number of rotatable bonds is 5. The minimum Gasteiger partial charge on any atom is -0.469 e. The number of aromatic nitrogens is 2. The summed E-state index contributed by atoms with van der Waals surface area (Å²) in [6.07, 6.45) is 3.58. The number of nitrogen functional groups attached to an aromatic ring is 1. The maximum atomic E-state index is 10.8. The van der Waals surface area contributed by atoms with E-state index < -0.39 is 0 Å². The van der Waals surface area contributed by atoms with Crippen molar-refractivity contribution in [2.75, 3.05) is 18.6 Å². The number of methoxy groups -OCH3 is 1. The third-order valence-electron chi connectivity index (χ3n) is 1.65. The van der Waals surface area contributed by atoms with Crippen LogP contribution in [0.3, 0.4) is 0 Å². The molecule has 0 atom stereocenters. The summed E-state index contributed by atoms with van der Waals surface area (Å²) in [5.74, 6) is 1.67. The molecule has 0 bridgehead atoms. The van der Waals surface area contributed by atoms with Crippen LogP contribution in [-0.4, -0.2) is 28.8 Å². The molecule has 1 rings (SSSR count). The van der Waals surface area contributed by atoms with Gasteiger partial charge in [-0.3, -0.25) is 9.78 Å². The number of carbonyl (C=O) groups excluding carboxylic acids is 1. The zero-order valence-electron chi connectivity index (χ0n) is 8.47. The van der Waals surface area contributed by atoms with Gasteiger partial charge in [0.15, 0.2) is 0 Å². The summed E-state index contributed by atoms with van der Waals surface area (Å²) in [7, 11) is 1.39. The number of ether oxygens (including phenoxy) is 1. The fourth-order valence-corrected chi connectivity index (χ4v) is 1.69. The summed E-state index contributed by atoms with van der Waals surface area (Å²) in [5, 5.41) is 0. The predicted molar refractivity (Wildman–Crippen MR) is 59.2 cm³/mol. The summed E-state index contributed by atoms with van der Waals surface area (Å²) in [5.41, 5.74) is 6.26. The van der Waals surface area contributed by atoms with Gasteiger partial charge in [0.05, 0.1) is 31.6 Å². The van der Waals surface area contributed by atoms with E-state index in [-0.39, 0.29) is 5.97 Å². The maximum Gasteiger partial charge on any atom is 0.306 e. The molecule has 82 valence electrons. The van der Waals surface area contributed by atoms with Crippen molar-refractivity contribution in [3.63, 3.8) is 0 Å². The highest BCUT2D eigenvalue weighted by molar-refractivity contribution is 7.98. The lowest BCUT2D eigenvalue weighted by Gasteiger charge is -2.00. The molecule has 0 spiro atoms. The molecule has 1 heterocycles. The van der Waals surface area contributed by atoms with Crippen LogP contribution in [0.25, 0.3) is 0 Å². The molecule has 6 heteroatoms. The smallest absolute Gasteiger partial charge is 0.306 e. The zero-order valence-corrected chi connectivity index (χ0v) is 9.29. The molecule has 0 aliphatic carbocycles. The Morgan fingerprint density at radius 2 is 2.33 bits per heavy atom. The number of hydrogen-bond acceptors (Lipinski definition) is 6. The van der Waals surface area contributed by atoms with Crippen LogP contribution < -0.4 is 5.73 Å². The molecular weight excluding hydrogens is 214 g/mol. The van der Waals surface area contributed by atoms with Crippen molar-refractivity contribution >= 4 is 23.5 Å². The topological polar surface area (TPSA) is 78.1 Å². The fourth-order valence-electron chi connectivity index (χ4n) is 0.874. The van der Waals surface area contributed by atoms with E-state index in [1.807, 2.05) is 0 Å². The number of nitrogens with zero attached hydrogens (tertiary/aromatic N) is 2. The molecular formula is C9H13N3O2S. The lowest BCUT2D eigenvalue weighted by atomic mass is 10.5. The van der Waals surface area contributed by atoms with Crippen molar-refractivity contribution in [3.8, 4) is 0 Å². The Hall–Kier alpha value is -1.30. The van der Waals surface area contributed by atoms with Crippen LogP contribution in [0.2, 0.25) is 0 Å². The first-order chi connectivity index (χ1) is 7.22. The summed E-state index contributed by atoms with van der Waals surface area (Å²) in [4.78, 5) is 18.8. The summed E-state index contributed by atoms with van der Waals surface area (Å²) >= 11 is 1.61. The fraction of sp³-hybridized carbons (Fsp3) is 0.444. The van der Waals surface area contributed by atoms with Crippen LogP contribution in [0.5, 0.6) is 0 Å². The zero-order chi connectivity index (χ0) is 11.1. The second-order valence-electron chi connectivity index (χ2n) is 2.81. The Labute approximate surface area is 92.4 Å². The van der Waals surface area contributed by atoms with Crippen molar-refractivity contribution in [2.24, 2.45) is 0 Å². The molecule has 0 saturated heterocycles. The van der Waals surface area contributed by atoms with Crippen LogP contribution in [0, 0.1) is 0 Å². The molecule has 5 nitrogen and oxygen atoms in total. The molecule has 0 aliphatic rings. The molecule has 1 aromatic heterocycles. The Bertz CT molecular complexity index is 316. The number of nitrogens with two attached hydrogens (primary N) is 1. The lowest BCUT2D eigenvalue weighted by molar-refractivity contribution is -0.140. The van der Waals surface area contributed by atoms with Crippen LogP contribution in [-0.2, 0) is 15.3 Å². The largest absolute Gasteiger partial charge is 0.469 e. The van der Waals surface area contributed by atoms with Gasteiger partial charge in [-0.25, -0.2) is 4.98 Å². The van der Waals surface area contributed by atoms with E-state index >= 15 is 0 Å². The van der Waals surface area contributed by atoms with Gasteiger partial charge in [0.25, 0.3) is 0 Å². The highest BCUT2D eigenvalue weighted by Gasteiger charge is 2.00. The van der Waals surface area contributed by atoms with Gasteiger partial charge >= 0.3 is 5.97 Å². The van der Waals surface area contributed by atoms with E-state index in [9.17, 15) is 4.79 Å². The van der Waals surface area contributed by atoms with E-state index in [0.29, 0.717) is 12.2 Å². The Morgan fingerprint density at radius 3 is 2.93 bits per heavy atom. The van der Waals surface area contributed by atoms with E-state index in [1.165, 1.54) is 13.3 Å². The first-order valence-electron chi connectivity index (χ1n) is 4.43. The van der Waals surface area contributed by atoms with Gasteiger partial charge in [-0.05, 0) is 0 Å². The molecule has 0 radical (unpaired) electrons. The SMILES string of the molecule is COC(=O)CCSCc1cnc(N)cn1. The summed E-state index contributed by atoms with van der Waals surface area (Å²) in [6, 6.07) is 0. The first kappa shape index (κ1) is 11.8. The van der Waals surface area contributed by atoms with Gasteiger partial charge in [-0.2, -0.15) is 11.8 Å². The van der Waals surface area contributed by atoms with E-state index in [2.05, 4.69) is 14.7 Å². The van der Waals surface area contributed by atoms with E-state index in [4.69, 9.17) is 5.73 Å². The van der Waals surface area contributed by atoms with Gasteiger partial charge < -0.3 is 10.5 Å². The molecule has 0 amide bonds. The second-order valence-corrected chi connectivity index (χ2v) is 3.92. The minimum atomic E-state index is -0.189. The average Bonchev–Trinajstić information content (AvgIpc) is 2.26. The molecule has 15 heavy (non-hydrogen) atoms. The molecule has 0 saturated carbocycles. The van der Waals surface area contributed by atoms with E-state index in [0.717, 1.165) is 17.2 Å². The van der Waals surface area contributed by atoms with Crippen molar-refractivity contribution in [3.05, 3.63) is 18.1 Å². The van der Waals surface area contributed by atoms with Crippen molar-refractivity contribution in [2.45, 2.75) is 12.2 Å². The Balaban J connectivity index is 2.20. The molecule has 0 aromatic carbocycles. The maximum absolute atomic E-state index is 10.8. The van der Waals surface area contributed by atoms with Crippen LogP contribution in [0.4, 0.5) is 5.82 Å². The second kappa shape index (κ2) is 6.23. The highest BCUT2D eigenvalue weighted by atomic mass is 32.2. The quantitative estimate of drug-likeness (QED) is 0.593. The van der Waals surface area contributed by atoms with Gasteiger partial charge in [-0.1, -0.05) is 0 Å². The molecule has 2 N–H and O–H groups in total. The summed E-state index contributed by atoms with van der Waals surface area (Å²) in [6.45, 7) is 0. The predicted octanol–water partition coefficient (Wildman–Crippen LogP) is 0.855. The average molecular weight is 227 g/mol. The number of anilines is 1. The number of carbonyl (C=O) groups is 1. The van der Waals surface area contributed by atoms with Gasteiger partial charge in [0.1, 0.15) is 5.82 Å².